The van der Waals surface area contributed by atoms with Crippen LogP contribution in [0.3, 0.4) is 0 Å². The Labute approximate surface area is 74.2 Å². The van der Waals surface area contributed by atoms with Crippen LogP contribution in [-0.2, 0) is 0 Å². The van der Waals surface area contributed by atoms with E-state index in [1.807, 2.05) is 0 Å². The molecule has 0 bridgehead atoms. The van der Waals surface area contributed by atoms with Crippen molar-refractivity contribution in [3.8, 4) is 0 Å². The smallest absolute Gasteiger partial charge is 0.138 e. The van der Waals surface area contributed by atoms with Crippen LogP contribution >= 0.6 is 12.2 Å². The quantitative estimate of drug-likeness (QED) is 0.576. The Morgan fingerprint density at radius 3 is 2.64 bits per heavy atom. The maximum absolute atomic E-state index is 4.82. The summed E-state index contributed by atoms with van der Waals surface area (Å²) in [6.07, 6.45) is 4.28. The molecule has 1 fully saturated rings. The third kappa shape index (κ3) is 2.14. The molecule has 1 heterocycles. The molecule has 0 amide bonds. The van der Waals surface area contributed by atoms with E-state index < -0.39 is 0 Å². The van der Waals surface area contributed by atoms with Crippen LogP contribution in [0.4, 0.5) is 0 Å². The van der Waals surface area contributed by atoms with E-state index in [1.165, 1.54) is 19.3 Å². The molecular formula is C8H15N2S. The van der Waals surface area contributed by atoms with Gasteiger partial charge in [-0.1, -0.05) is 12.2 Å². The number of thiocarbonyl (C=S) groups is 1. The molecule has 0 aromatic carbocycles. The number of hydrogen-bond donors (Lipinski definition) is 0. The van der Waals surface area contributed by atoms with Gasteiger partial charge in [0, 0.05) is 6.54 Å². The fourth-order valence-electron chi connectivity index (χ4n) is 1.56. The average molecular weight is 171 g/mol. The van der Waals surface area contributed by atoms with E-state index in [1.54, 1.807) is 0 Å². The first-order valence-corrected chi connectivity index (χ1v) is 4.47. The molecule has 0 spiro atoms. The van der Waals surface area contributed by atoms with Crippen LogP contribution in [0.25, 0.3) is 0 Å². The molecule has 1 aliphatic heterocycles. The Morgan fingerprint density at radius 2 is 2.18 bits per heavy atom. The normalized spacial score (nSPS) is 25.7. The summed E-state index contributed by atoms with van der Waals surface area (Å²) in [6.45, 7) is 1.08. The minimum absolute atomic E-state index is 0.487. The van der Waals surface area contributed by atoms with Gasteiger partial charge in [-0.05, 0) is 33.4 Å². The number of hydrogen-bond acceptors (Lipinski definition) is 2. The van der Waals surface area contributed by atoms with Crippen LogP contribution in [0.2, 0.25) is 0 Å². The number of likely N-dealkylation sites (tertiary alicyclic amines) is 1. The SMILES string of the molecule is CN(C)C1CCCCN1[C]=S. The van der Waals surface area contributed by atoms with Crippen molar-refractivity contribution < 1.29 is 0 Å². The number of rotatable bonds is 2. The van der Waals surface area contributed by atoms with E-state index in [-0.39, 0.29) is 0 Å². The fourth-order valence-corrected chi connectivity index (χ4v) is 1.77. The molecule has 3 heteroatoms. The van der Waals surface area contributed by atoms with Crippen molar-refractivity contribution in [3.05, 3.63) is 0 Å². The molecule has 11 heavy (non-hydrogen) atoms. The minimum atomic E-state index is 0.487. The highest BCUT2D eigenvalue weighted by atomic mass is 32.1. The van der Waals surface area contributed by atoms with Gasteiger partial charge < -0.3 is 4.90 Å². The molecule has 1 saturated heterocycles. The van der Waals surface area contributed by atoms with Crippen LogP contribution in [0, 0.1) is 0 Å². The van der Waals surface area contributed by atoms with Crippen molar-refractivity contribution in [2.75, 3.05) is 20.6 Å². The van der Waals surface area contributed by atoms with Gasteiger partial charge in [-0.15, -0.1) is 0 Å². The summed E-state index contributed by atoms with van der Waals surface area (Å²) >= 11 is 4.82. The molecule has 2 nitrogen and oxygen atoms in total. The van der Waals surface area contributed by atoms with Gasteiger partial charge in [0.1, 0.15) is 5.49 Å². The van der Waals surface area contributed by atoms with Crippen molar-refractivity contribution in [1.29, 1.82) is 0 Å². The van der Waals surface area contributed by atoms with Crippen LogP contribution in [-0.4, -0.2) is 42.1 Å². The van der Waals surface area contributed by atoms with Crippen molar-refractivity contribution in [1.82, 2.24) is 9.80 Å². The van der Waals surface area contributed by atoms with Crippen LogP contribution in [0.1, 0.15) is 19.3 Å². The number of nitrogens with zero attached hydrogens (tertiary/aromatic N) is 2. The Morgan fingerprint density at radius 1 is 1.45 bits per heavy atom. The van der Waals surface area contributed by atoms with Gasteiger partial charge >= 0.3 is 0 Å². The van der Waals surface area contributed by atoms with E-state index >= 15 is 0 Å². The van der Waals surface area contributed by atoms with Gasteiger partial charge in [0.2, 0.25) is 0 Å². The topological polar surface area (TPSA) is 6.48 Å². The largest absolute Gasteiger partial charge is 0.345 e. The second-order valence-electron chi connectivity index (χ2n) is 3.22. The van der Waals surface area contributed by atoms with Gasteiger partial charge in [-0.3, -0.25) is 4.90 Å². The molecule has 1 rings (SSSR count). The standard InChI is InChI=1S/C8H15N2S/c1-9(2)8-5-3-4-6-10(8)7-11/h8H,3-6H2,1-2H3. The molecule has 0 N–H and O–H groups in total. The summed E-state index contributed by atoms with van der Waals surface area (Å²) in [5, 5.41) is 0. The molecule has 1 unspecified atom stereocenters. The summed E-state index contributed by atoms with van der Waals surface area (Å²) in [7, 11) is 4.19. The highest BCUT2D eigenvalue weighted by Crippen LogP contribution is 2.16. The van der Waals surface area contributed by atoms with Gasteiger partial charge in [0.05, 0.1) is 6.17 Å². The zero-order valence-electron chi connectivity index (χ0n) is 7.21. The average Bonchev–Trinajstić information content (AvgIpc) is 2.04. The predicted octanol–water partition coefficient (Wildman–Crippen LogP) is 1.19. The highest BCUT2D eigenvalue weighted by molar-refractivity contribution is 7.78. The lowest BCUT2D eigenvalue weighted by atomic mass is 10.1. The van der Waals surface area contributed by atoms with Crippen LogP contribution in [0.5, 0.6) is 0 Å². The van der Waals surface area contributed by atoms with Crippen LogP contribution < -0.4 is 0 Å². The maximum atomic E-state index is 4.82. The lowest BCUT2D eigenvalue weighted by Crippen LogP contribution is -2.46. The molecule has 0 saturated carbocycles. The molecular weight excluding hydrogens is 156 g/mol. The van der Waals surface area contributed by atoms with E-state index in [4.69, 9.17) is 12.2 Å². The Kier molecular flexibility index (Phi) is 3.27. The summed E-state index contributed by atoms with van der Waals surface area (Å²) in [4.78, 5) is 4.33. The zero-order chi connectivity index (χ0) is 8.27. The Balaban J connectivity index is 2.51. The molecule has 1 radical (unpaired) electrons. The van der Waals surface area contributed by atoms with E-state index in [0.29, 0.717) is 6.17 Å². The molecule has 0 aromatic rings. The number of piperidine rings is 1. The second kappa shape index (κ2) is 4.02. The van der Waals surface area contributed by atoms with E-state index in [9.17, 15) is 0 Å². The van der Waals surface area contributed by atoms with E-state index in [0.717, 1.165) is 6.54 Å². The minimum Gasteiger partial charge on any atom is -0.345 e. The molecule has 0 aliphatic carbocycles. The fraction of sp³-hybridized carbons (Fsp3) is 0.875. The second-order valence-corrected chi connectivity index (χ2v) is 3.41. The monoisotopic (exact) mass is 171 g/mol. The van der Waals surface area contributed by atoms with Crippen molar-refractivity contribution in [2.24, 2.45) is 0 Å². The van der Waals surface area contributed by atoms with Crippen molar-refractivity contribution in [2.45, 2.75) is 25.4 Å². The predicted molar refractivity (Wildman–Crippen MR) is 50.6 cm³/mol. The summed E-state index contributed by atoms with van der Waals surface area (Å²) in [6, 6.07) is 0. The van der Waals surface area contributed by atoms with Gasteiger partial charge in [0.25, 0.3) is 0 Å². The van der Waals surface area contributed by atoms with E-state index in [2.05, 4.69) is 29.4 Å². The third-order valence-corrected chi connectivity index (χ3v) is 2.42. The van der Waals surface area contributed by atoms with Gasteiger partial charge in [-0.2, -0.15) is 0 Å². The van der Waals surface area contributed by atoms with Crippen molar-refractivity contribution in [3.63, 3.8) is 0 Å². The molecule has 63 valence electrons. The molecule has 0 aromatic heterocycles. The van der Waals surface area contributed by atoms with Crippen LogP contribution in [0.15, 0.2) is 0 Å². The summed E-state index contributed by atoms with van der Waals surface area (Å²) in [5.41, 5.74) is 2.81. The maximum Gasteiger partial charge on any atom is 0.138 e. The van der Waals surface area contributed by atoms with Crippen molar-refractivity contribution >= 4 is 17.7 Å². The first-order chi connectivity index (χ1) is 5.25. The zero-order valence-corrected chi connectivity index (χ0v) is 8.02. The highest BCUT2D eigenvalue weighted by Gasteiger charge is 2.21. The Hall–Kier alpha value is -0.150. The van der Waals surface area contributed by atoms with Gasteiger partial charge in [0.15, 0.2) is 0 Å². The summed E-state index contributed by atoms with van der Waals surface area (Å²) in [5.74, 6) is 0. The lowest BCUT2D eigenvalue weighted by Gasteiger charge is -2.37. The first kappa shape index (κ1) is 8.94. The Bertz CT molecular complexity index is 136. The lowest BCUT2D eigenvalue weighted by molar-refractivity contribution is 0.111. The summed E-state index contributed by atoms with van der Waals surface area (Å²) < 4.78 is 0. The molecule has 1 atom stereocenters. The first-order valence-electron chi connectivity index (χ1n) is 4.06. The molecule has 1 aliphatic rings. The van der Waals surface area contributed by atoms with Gasteiger partial charge in [-0.25, -0.2) is 0 Å². The third-order valence-electron chi connectivity index (χ3n) is 2.18.